The van der Waals surface area contributed by atoms with Crippen LogP contribution in [0.3, 0.4) is 0 Å². The van der Waals surface area contributed by atoms with Crippen LogP contribution >= 0.6 is 0 Å². The number of hydrogen-bond acceptors (Lipinski definition) is 4. The standard InChI is InChI=1S/C27H27NO4/c1-2-9-26(29)25(28-27(30)32-20-23-12-7-4-8-13-23)18-21-14-16-24(17-15-21)31-19-22-10-5-3-6-11-22/h2-8,10-17,25H,1,9,18-20H2,(H,28,30)/t25-/m0/s1. The number of benzene rings is 3. The van der Waals surface area contributed by atoms with Crippen LogP contribution in [0.15, 0.2) is 97.6 Å². The molecule has 32 heavy (non-hydrogen) atoms. The predicted octanol–water partition coefficient (Wildman–Crippen LogP) is 5.25. The lowest BCUT2D eigenvalue weighted by molar-refractivity contribution is -0.120. The third-order valence-electron chi connectivity index (χ3n) is 4.85. The second kappa shape index (κ2) is 12.1. The number of amides is 1. The molecule has 0 unspecified atom stereocenters. The number of allylic oxidation sites excluding steroid dienone is 1. The first-order chi connectivity index (χ1) is 15.6. The Morgan fingerprint density at radius 1 is 0.812 bits per heavy atom. The van der Waals surface area contributed by atoms with E-state index in [0.717, 1.165) is 22.4 Å². The van der Waals surface area contributed by atoms with Crippen molar-refractivity contribution in [2.75, 3.05) is 0 Å². The summed E-state index contributed by atoms with van der Waals surface area (Å²) < 4.78 is 11.1. The van der Waals surface area contributed by atoms with Crippen molar-refractivity contribution >= 4 is 11.9 Å². The Kier molecular flexibility index (Phi) is 8.63. The molecule has 0 spiro atoms. The van der Waals surface area contributed by atoms with E-state index in [1.54, 1.807) is 0 Å². The van der Waals surface area contributed by atoms with Crippen molar-refractivity contribution in [1.29, 1.82) is 0 Å². The molecule has 3 aromatic rings. The summed E-state index contributed by atoms with van der Waals surface area (Å²) in [5.74, 6) is 0.614. The molecule has 0 heterocycles. The van der Waals surface area contributed by atoms with Gasteiger partial charge in [-0.15, -0.1) is 6.58 Å². The molecule has 0 aliphatic heterocycles. The van der Waals surface area contributed by atoms with Gasteiger partial charge in [0.25, 0.3) is 0 Å². The molecule has 0 saturated carbocycles. The van der Waals surface area contributed by atoms with Gasteiger partial charge in [0.2, 0.25) is 0 Å². The minimum absolute atomic E-state index is 0.124. The zero-order chi connectivity index (χ0) is 22.6. The molecule has 0 aromatic heterocycles. The molecule has 0 aliphatic carbocycles. The van der Waals surface area contributed by atoms with Crippen molar-refractivity contribution in [3.63, 3.8) is 0 Å². The van der Waals surface area contributed by atoms with Gasteiger partial charge in [0.05, 0.1) is 6.04 Å². The fraction of sp³-hybridized carbons (Fsp3) is 0.185. The number of nitrogens with one attached hydrogen (secondary N) is 1. The highest BCUT2D eigenvalue weighted by Crippen LogP contribution is 2.16. The maximum Gasteiger partial charge on any atom is 0.408 e. The average molecular weight is 430 g/mol. The maximum atomic E-state index is 12.5. The molecular formula is C27H27NO4. The highest BCUT2D eigenvalue weighted by molar-refractivity contribution is 5.88. The van der Waals surface area contributed by atoms with E-state index >= 15 is 0 Å². The van der Waals surface area contributed by atoms with Crippen LogP contribution < -0.4 is 10.1 Å². The van der Waals surface area contributed by atoms with Crippen molar-refractivity contribution in [2.45, 2.75) is 32.1 Å². The summed E-state index contributed by atoms with van der Waals surface area (Å²) in [5, 5.41) is 2.69. The molecule has 3 aromatic carbocycles. The second-order valence-corrected chi connectivity index (χ2v) is 7.34. The largest absolute Gasteiger partial charge is 0.489 e. The van der Waals surface area contributed by atoms with Crippen molar-refractivity contribution < 1.29 is 19.1 Å². The molecule has 0 aliphatic rings. The summed E-state index contributed by atoms with van der Waals surface area (Å²) in [5.41, 5.74) is 2.87. The quantitative estimate of drug-likeness (QED) is 0.423. The Morgan fingerprint density at radius 2 is 1.41 bits per heavy atom. The van der Waals surface area contributed by atoms with E-state index in [2.05, 4.69) is 11.9 Å². The third-order valence-corrected chi connectivity index (χ3v) is 4.85. The van der Waals surface area contributed by atoms with Crippen molar-refractivity contribution in [3.8, 4) is 5.75 Å². The topological polar surface area (TPSA) is 64.6 Å². The molecular weight excluding hydrogens is 402 g/mol. The molecule has 1 N–H and O–H groups in total. The molecule has 0 saturated heterocycles. The summed E-state index contributed by atoms with van der Waals surface area (Å²) >= 11 is 0. The highest BCUT2D eigenvalue weighted by Gasteiger charge is 2.21. The van der Waals surface area contributed by atoms with Gasteiger partial charge in [0, 0.05) is 6.42 Å². The van der Waals surface area contributed by atoms with Gasteiger partial charge in [-0.25, -0.2) is 4.79 Å². The van der Waals surface area contributed by atoms with E-state index < -0.39 is 12.1 Å². The fourth-order valence-corrected chi connectivity index (χ4v) is 3.14. The molecule has 1 amide bonds. The van der Waals surface area contributed by atoms with Gasteiger partial charge < -0.3 is 14.8 Å². The van der Waals surface area contributed by atoms with E-state index in [0.29, 0.717) is 13.0 Å². The minimum atomic E-state index is -0.702. The van der Waals surface area contributed by atoms with Crippen molar-refractivity contribution in [1.82, 2.24) is 5.32 Å². The van der Waals surface area contributed by atoms with Gasteiger partial charge in [0.1, 0.15) is 19.0 Å². The van der Waals surface area contributed by atoms with Crippen molar-refractivity contribution in [2.24, 2.45) is 0 Å². The second-order valence-electron chi connectivity index (χ2n) is 7.34. The number of ketones is 1. The lowest BCUT2D eigenvalue weighted by Gasteiger charge is -2.17. The van der Waals surface area contributed by atoms with E-state index in [-0.39, 0.29) is 18.8 Å². The molecule has 0 bridgehead atoms. The smallest absolute Gasteiger partial charge is 0.408 e. The number of carbonyl (C=O) groups is 2. The van der Waals surface area contributed by atoms with Crippen LogP contribution in [0.5, 0.6) is 5.75 Å². The van der Waals surface area contributed by atoms with Gasteiger partial charge in [-0.3, -0.25) is 4.79 Å². The molecule has 3 rings (SSSR count). The van der Waals surface area contributed by atoms with E-state index in [4.69, 9.17) is 9.47 Å². The normalized spacial score (nSPS) is 11.2. The van der Waals surface area contributed by atoms with Gasteiger partial charge in [0.15, 0.2) is 5.78 Å². The van der Waals surface area contributed by atoms with E-state index in [9.17, 15) is 9.59 Å². The van der Waals surface area contributed by atoms with Gasteiger partial charge in [-0.2, -0.15) is 0 Å². The van der Waals surface area contributed by atoms with Crippen LogP contribution in [0.1, 0.15) is 23.1 Å². The number of Topliss-reactive ketones (excluding diaryl/α,β-unsaturated/α-hetero) is 1. The molecule has 1 atom stereocenters. The number of ether oxygens (including phenoxy) is 2. The van der Waals surface area contributed by atoms with Gasteiger partial charge in [-0.05, 0) is 35.2 Å². The summed E-state index contributed by atoms with van der Waals surface area (Å²) in [4.78, 5) is 24.8. The number of carbonyl (C=O) groups excluding carboxylic acids is 2. The Hall–Kier alpha value is -3.86. The highest BCUT2D eigenvalue weighted by atomic mass is 16.5. The molecule has 164 valence electrons. The molecule has 0 fully saturated rings. The van der Waals surface area contributed by atoms with Gasteiger partial charge in [-0.1, -0.05) is 78.9 Å². The average Bonchev–Trinajstić information content (AvgIpc) is 2.83. The van der Waals surface area contributed by atoms with Gasteiger partial charge >= 0.3 is 6.09 Å². The molecule has 5 nitrogen and oxygen atoms in total. The van der Waals surface area contributed by atoms with Crippen LogP contribution in [0.2, 0.25) is 0 Å². The van der Waals surface area contributed by atoms with Crippen molar-refractivity contribution in [3.05, 3.63) is 114 Å². The molecule has 5 heteroatoms. The van der Waals surface area contributed by atoms with Crippen LogP contribution in [-0.2, 0) is 29.2 Å². The Labute approximate surface area is 188 Å². The first-order valence-corrected chi connectivity index (χ1v) is 10.5. The van der Waals surface area contributed by atoms with Crippen LogP contribution in [0.25, 0.3) is 0 Å². The van der Waals surface area contributed by atoms with E-state index in [1.807, 2.05) is 84.9 Å². The SMILES string of the molecule is C=CCC(=O)[C@H](Cc1ccc(OCc2ccccc2)cc1)NC(=O)OCc1ccccc1. The summed E-state index contributed by atoms with van der Waals surface area (Å²) in [7, 11) is 0. The number of alkyl carbamates (subject to hydrolysis) is 1. The number of rotatable bonds is 11. The first kappa shape index (κ1) is 22.8. The van der Waals surface area contributed by atoms with E-state index in [1.165, 1.54) is 6.08 Å². The maximum absolute atomic E-state index is 12.5. The molecule has 0 radical (unpaired) electrons. The van der Waals surface area contributed by atoms with Crippen LogP contribution in [0, 0.1) is 0 Å². The zero-order valence-corrected chi connectivity index (χ0v) is 17.9. The van der Waals surface area contributed by atoms with Crippen LogP contribution in [-0.4, -0.2) is 17.9 Å². The monoisotopic (exact) mass is 429 g/mol. The summed E-state index contributed by atoms with van der Waals surface area (Å²) in [6.07, 6.45) is 1.43. The number of hydrogen-bond donors (Lipinski definition) is 1. The Morgan fingerprint density at radius 3 is 2.00 bits per heavy atom. The lowest BCUT2D eigenvalue weighted by atomic mass is 10.0. The lowest BCUT2D eigenvalue weighted by Crippen LogP contribution is -2.42. The van der Waals surface area contributed by atoms with Crippen LogP contribution in [0.4, 0.5) is 4.79 Å². The Balaban J connectivity index is 1.56. The summed E-state index contributed by atoms with van der Waals surface area (Å²) in [6, 6.07) is 26.1. The third kappa shape index (κ3) is 7.43. The first-order valence-electron chi connectivity index (χ1n) is 10.5. The fourth-order valence-electron chi connectivity index (χ4n) is 3.14. The minimum Gasteiger partial charge on any atom is -0.489 e. The zero-order valence-electron chi connectivity index (χ0n) is 17.9. The predicted molar refractivity (Wildman–Crippen MR) is 124 cm³/mol. The Bertz CT molecular complexity index is 1000. The summed E-state index contributed by atoms with van der Waals surface area (Å²) in [6.45, 7) is 4.24.